The third-order valence-electron chi connectivity index (χ3n) is 6.01. The van der Waals surface area contributed by atoms with E-state index in [2.05, 4.69) is 68.3 Å². The van der Waals surface area contributed by atoms with Crippen LogP contribution < -0.4 is 4.74 Å². The highest BCUT2D eigenvalue weighted by Gasteiger charge is 2.41. The number of aromatic nitrogens is 2. The van der Waals surface area contributed by atoms with Crippen molar-refractivity contribution >= 4 is 11.8 Å². The summed E-state index contributed by atoms with van der Waals surface area (Å²) in [5.41, 5.74) is 4.34. The van der Waals surface area contributed by atoms with E-state index in [1.807, 2.05) is 0 Å². The van der Waals surface area contributed by atoms with Crippen LogP contribution >= 0.6 is 0 Å². The molecule has 0 radical (unpaired) electrons. The third kappa shape index (κ3) is 4.08. The van der Waals surface area contributed by atoms with Crippen molar-refractivity contribution in [3.8, 4) is 5.75 Å². The van der Waals surface area contributed by atoms with Crippen LogP contribution in [0.2, 0.25) is 0 Å². The molecule has 7 heteroatoms. The second-order valence-electron chi connectivity index (χ2n) is 8.25. The van der Waals surface area contributed by atoms with Gasteiger partial charge in [-0.3, -0.25) is 9.80 Å². The van der Waals surface area contributed by atoms with E-state index in [-0.39, 0.29) is 12.0 Å². The topological polar surface area (TPSA) is 63.1 Å². The van der Waals surface area contributed by atoms with Crippen LogP contribution in [0.1, 0.15) is 18.2 Å². The fourth-order valence-electron chi connectivity index (χ4n) is 4.42. The van der Waals surface area contributed by atoms with E-state index in [0.717, 1.165) is 50.7 Å². The van der Waals surface area contributed by atoms with E-state index >= 15 is 0 Å². The molecule has 0 amide bonds. The van der Waals surface area contributed by atoms with Crippen LogP contribution in [0.5, 0.6) is 5.75 Å². The van der Waals surface area contributed by atoms with Gasteiger partial charge in [0.15, 0.2) is 11.9 Å². The van der Waals surface area contributed by atoms with Crippen molar-refractivity contribution in [3.05, 3.63) is 59.7 Å². The number of piperazine rings is 1. The fourth-order valence-corrected chi connectivity index (χ4v) is 4.42. The summed E-state index contributed by atoms with van der Waals surface area (Å²) in [4.78, 5) is 19.2. The molecule has 156 valence electrons. The Morgan fingerprint density at radius 3 is 2.77 bits per heavy atom. The van der Waals surface area contributed by atoms with Gasteiger partial charge in [0.2, 0.25) is 0 Å². The van der Waals surface area contributed by atoms with Crippen LogP contribution in [0.3, 0.4) is 0 Å². The Morgan fingerprint density at radius 2 is 1.93 bits per heavy atom. The summed E-state index contributed by atoms with van der Waals surface area (Å²) in [6.07, 6.45) is 5.53. The van der Waals surface area contributed by atoms with E-state index < -0.39 is 0 Å². The molecule has 3 aliphatic rings. The first-order valence-corrected chi connectivity index (χ1v) is 10.6. The molecule has 2 aromatic rings. The van der Waals surface area contributed by atoms with Gasteiger partial charge in [-0.25, -0.2) is 9.97 Å². The van der Waals surface area contributed by atoms with E-state index in [1.54, 1.807) is 6.20 Å². The highest BCUT2D eigenvalue weighted by atomic mass is 16.6. The standard InChI is InChI=1S/C23H27N5O2/c1-17(11-18-5-3-2-4-6-18)13-27-7-9-28(10-8-27)14-21-19-15-29-20-12-24-16-25-23(20)22(19)26-30-21/h2-6,11-12,16,19,21H,7-10,13-15H2,1H3. The van der Waals surface area contributed by atoms with Gasteiger partial charge in [-0.1, -0.05) is 47.1 Å². The summed E-state index contributed by atoms with van der Waals surface area (Å²) in [7, 11) is 0. The molecule has 0 saturated carbocycles. The lowest BCUT2D eigenvalue weighted by Gasteiger charge is -2.36. The summed E-state index contributed by atoms with van der Waals surface area (Å²) in [6, 6.07) is 10.5. The largest absolute Gasteiger partial charge is 0.489 e. The molecule has 0 N–H and O–H groups in total. The van der Waals surface area contributed by atoms with Crippen LogP contribution in [0.4, 0.5) is 0 Å². The molecule has 5 rings (SSSR count). The average molecular weight is 406 g/mol. The number of rotatable bonds is 5. The molecule has 30 heavy (non-hydrogen) atoms. The molecule has 0 aliphatic carbocycles. The van der Waals surface area contributed by atoms with Gasteiger partial charge >= 0.3 is 0 Å². The van der Waals surface area contributed by atoms with Crippen molar-refractivity contribution in [1.29, 1.82) is 0 Å². The second-order valence-corrected chi connectivity index (χ2v) is 8.25. The van der Waals surface area contributed by atoms with Crippen molar-refractivity contribution in [2.45, 2.75) is 13.0 Å². The van der Waals surface area contributed by atoms with Crippen LogP contribution in [0, 0.1) is 5.92 Å². The number of nitrogens with zero attached hydrogens (tertiary/aromatic N) is 5. The fraction of sp³-hybridized carbons (Fsp3) is 0.435. The third-order valence-corrected chi connectivity index (χ3v) is 6.01. The summed E-state index contributed by atoms with van der Waals surface area (Å²) in [6.45, 7) is 8.90. The molecule has 1 aromatic heterocycles. The molecule has 7 nitrogen and oxygen atoms in total. The SMILES string of the molecule is CC(=Cc1ccccc1)CN1CCN(CC2ON=C3c4ncncc4OCC32)CC1. The summed E-state index contributed by atoms with van der Waals surface area (Å²) >= 11 is 0. The lowest BCUT2D eigenvalue weighted by atomic mass is 9.93. The minimum absolute atomic E-state index is 0.0226. The molecule has 1 fully saturated rings. The molecular weight excluding hydrogens is 378 g/mol. The van der Waals surface area contributed by atoms with Crippen molar-refractivity contribution < 1.29 is 9.57 Å². The van der Waals surface area contributed by atoms with Crippen molar-refractivity contribution in [3.63, 3.8) is 0 Å². The summed E-state index contributed by atoms with van der Waals surface area (Å²) in [5.74, 6) is 0.839. The zero-order valence-electron chi connectivity index (χ0n) is 17.3. The molecule has 0 bridgehead atoms. The smallest absolute Gasteiger partial charge is 0.165 e. The highest BCUT2D eigenvalue weighted by molar-refractivity contribution is 6.04. The molecule has 2 atom stereocenters. The van der Waals surface area contributed by atoms with Crippen molar-refractivity contribution in [1.82, 2.24) is 19.8 Å². The van der Waals surface area contributed by atoms with Gasteiger partial charge in [-0.05, 0) is 12.5 Å². The number of fused-ring (bicyclic) bond motifs is 3. The van der Waals surface area contributed by atoms with E-state index in [4.69, 9.17) is 9.57 Å². The Bertz CT molecular complexity index is 938. The molecule has 1 saturated heterocycles. The van der Waals surface area contributed by atoms with Crippen LogP contribution in [-0.4, -0.2) is 77.5 Å². The van der Waals surface area contributed by atoms with Crippen LogP contribution in [-0.2, 0) is 4.84 Å². The quantitative estimate of drug-likeness (QED) is 0.761. The predicted octanol–water partition coefficient (Wildman–Crippen LogP) is 2.31. The van der Waals surface area contributed by atoms with Gasteiger partial charge in [-0.15, -0.1) is 0 Å². The minimum atomic E-state index is 0.0226. The Kier molecular flexibility index (Phi) is 5.46. The summed E-state index contributed by atoms with van der Waals surface area (Å²) in [5, 5.41) is 4.34. The first-order valence-electron chi connectivity index (χ1n) is 10.6. The maximum absolute atomic E-state index is 5.85. The van der Waals surface area contributed by atoms with Crippen LogP contribution in [0.25, 0.3) is 6.08 Å². The Morgan fingerprint density at radius 1 is 1.13 bits per heavy atom. The molecule has 4 heterocycles. The van der Waals surface area contributed by atoms with Gasteiger partial charge in [0.1, 0.15) is 24.3 Å². The van der Waals surface area contributed by atoms with E-state index in [9.17, 15) is 0 Å². The van der Waals surface area contributed by atoms with Crippen LogP contribution in [0.15, 0.2) is 53.6 Å². The second kappa shape index (κ2) is 8.53. The predicted molar refractivity (Wildman–Crippen MR) is 115 cm³/mol. The average Bonchev–Trinajstić information content (AvgIpc) is 3.19. The molecule has 3 aliphatic heterocycles. The Balaban J connectivity index is 1.12. The zero-order valence-corrected chi connectivity index (χ0v) is 17.3. The monoisotopic (exact) mass is 405 g/mol. The van der Waals surface area contributed by atoms with Gasteiger partial charge < -0.3 is 9.57 Å². The molecule has 2 unspecified atom stereocenters. The van der Waals surface area contributed by atoms with E-state index in [1.165, 1.54) is 17.5 Å². The van der Waals surface area contributed by atoms with Crippen molar-refractivity contribution in [2.24, 2.45) is 11.1 Å². The van der Waals surface area contributed by atoms with Gasteiger partial charge in [0.25, 0.3) is 0 Å². The molecule has 1 aromatic carbocycles. The minimum Gasteiger partial charge on any atom is -0.489 e. The lowest BCUT2D eigenvalue weighted by Crippen LogP contribution is -2.50. The molecule has 0 spiro atoms. The normalized spacial score (nSPS) is 24.4. The number of benzene rings is 1. The van der Waals surface area contributed by atoms with Crippen molar-refractivity contribution in [2.75, 3.05) is 45.9 Å². The van der Waals surface area contributed by atoms with Gasteiger partial charge in [0, 0.05) is 39.3 Å². The van der Waals surface area contributed by atoms with E-state index in [0.29, 0.717) is 12.4 Å². The Hall–Kier alpha value is -2.77. The number of hydrogen-bond acceptors (Lipinski definition) is 7. The zero-order chi connectivity index (χ0) is 20.3. The van der Waals surface area contributed by atoms with Gasteiger partial charge in [0.05, 0.1) is 12.1 Å². The van der Waals surface area contributed by atoms with Gasteiger partial charge in [-0.2, -0.15) is 0 Å². The maximum Gasteiger partial charge on any atom is 0.165 e. The number of ether oxygens (including phenoxy) is 1. The first kappa shape index (κ1) is 19.2. The first-order chi connectivity index (χ1) is 14.8. The Labute approximate surface area is 177 Å². The maximum atomic E-state index is 5.85. The molecular formula is C23H27N5O2. The number of oxime groups is 1. The highest BCUT2D eigenvalue weighted by Crippen LogP contribution is 2.32. The summed E-state index contributed by atoms with van der Waals surface area (Å²) < 4.78 is 5.85. The number of hydrogen-bond donors (Lipinski definition) is 0. The lowest BCUT2D eigenvalue weighted by molar-refractivity contribution is 0.0100.